The molecule has 7 heteroatoms. The maximum absolute atomic E-state index is 10.7. The maximum Gasteiger partial charge on any atom is 0.237 e. The van der Waals surface area contributed by atoms with E-state index in [-0.39, 0.29) is 12.5 Å². The molecule has 0 spiro atoms. The van der Waals surface area contributed by atoms with Crippen molar-refractivity contribution in [1.29, 1.82) is 0 Å². The Morgan fingerprint density at radius 1 is 1.69 bits per heavy atom. The summed E-state index contributed by atoms with van der Waals surface area (Å²) in [4.78, 5) is 16.3. The van der Waals surface area contributed by atoms with Crippen molar-refractivity contribution in [3.63, 3.8) is 0 Å². The Hall–Kier alpha value is -1.37. The standard InChI is InChI=1S/C6H11N5OS/c1-2-11(3-4(7)12)6-9-5(8)10-13-6/h2-3H2,1H3,(H2,7,12)(H2,8,10). The van der Waals surface area contributed by atoms with Crippen LogP contribution in [0.15, 0.2) is 0 Å². The summed E-state index contributed by atoms with van der Waals surface area (Å²) < 4.78 is 3.81. The summed E-state index contributed by atoms with van der Waals surface area (Å²) in [6.45, 7) is 2.70. The van der Waals surface area contributed by atoms with E-state index in [4.69, 9.17) is 11.5 Å². The molecular weight excluding hydrogens is 190 g/mol. The third-order valence-corrected chi connectivity index (χ3v) is 2.22. The van der Waals surface area contributed by atoms with Crippen LogP contribution >= 0.6 is 11.5 Å². The lowest BCUT2D eigenvalue weighted by molar-refractivity contribution is -0.116. The van der Waals surface area contributed by atoms with Crippen molar-refractivity contribution < 1.29 is 4.79 Å². The van der Waals surface area contributed by atoms with Gasteiger partial charge in [-0.1, -0.05) is 0 Å². The van der Waals surface area contributed by atoms with Crippen LogP contribution in [0.2, 0.25) is 0 Å². The average molecular weight is 201 g/mol. The number of nitrogen functional groups attached to an aromatic ring is 1. The minimum absolute atomic E-state index is 0.144. The van der Waals surface area contributed by atoms with E-state index in [2.05, 4.69) is 9.36 Å². The first kappa shape index (κ1) is 9.72. The van der Waals surface area contributed by atoms with E-state index < -0.39 is 5.91 Å². The zero-order valence-electron chi connectivity index (χ0n) is 7.23. The molecule has 1 heterocycles. The van der Waals surface area contributed by atoms with Gasteiger partial charge in [-0.15, -0.1) is 0 Å². The molecule has 1 rings (SSSR count). The molecule has 1 amide bonds. The predicted molar refractivity (Wildman–Crippen MR) is 51.4 cm³/mol. The Balaban J connectivity index is 2.72. The van der Waals surface area contributed by atoms with E-state index in [0.29, 0.717) is 11.7 Å². The SMILES string of the molecule is CCN(CC(N)=O)c1nc(N)ns1. The fraction of sp³-hybridized carbons (Fsp3) is 0.500. The molecule has 0 radical (unpaired) electrons. The van der Waals surface area contributed by atoms with E-state index in [1.54, 1.807) is 4.90 Å². The van der Waals surface area contributed by atoms with Crippen LogP contribution in [0.3, 0.4) is 0 Å². The fourth-order valence-electron chi connectivity index (χ4n) is 0.858. The number of rotatable bonds is 4. The number of amides is 1. The van der Waals surface area contributed by atoms with Gasteiger partial charge in [0.2, 0.25) is 17.0 Å². The lowest BCUT2D eigenvalue weighted by Crippen LogP contribution is -2.33. The first-order valence-corrected chi connectivity index (χ1v) is 4.53. The molecule has 0 aliphatic carbocycles. The molecular formula is C6H11N5OS. The van der Waals surface area contributed by atoms with Crippen LogP contribution in [0.4, 0.5) is 11.1 Å². The minimum atomic E-state index is -0.393. The van der Waals surface area contributed by atoms with Crippen LogP contribution in [-0.2, 0) is 4.79 Å². The zero-order valence-corrected chi connectivity index (χ0v) is 8.04. The van der Waals surface area contributed by atoms with Gasteiger partial charge < -0.3 is 16.4 Å². The summed E-state index contributed by atoms with van der Waals surface area (Å²) in [5, 5.41) is 0.624. The highest BCUT2D eigenvalue weighted by Crippen LogP contribution is 2.16. The third kappa shape index (κ3) is 2.55. The van der Waals surface area contributed by atoms with Crippen molar-refractivity contribution in [2.24, 2.45) is 5.73 Å². The molecule has 72 valence electrons. The average Bonchev–Trinajstić information content (AvgIpc) is 2.47. The van der Waals surface area contributed by atoms with Gasteiger partial charge in [0.05, 0.1) is 6.54 Å². The molecule has 1 aromatic heterocycles. The highest BCUT2D eigenvalue weighted by molar-refractivity contribution is 7.09. The van der Waals surface area contributed by atoms with Gasteiger partial charge >= 0.3 is 0 Å². The second kappa shape index (κ2) is 4.04. The number of hydrogen-bond donors (Lipinski definition) is 2. The van der Waals surface area contributed by atoms with Gasteiger partial charge in [-0.3, -0.25) is 4.79 Å². The number of primary amides is 1. The van der Waals surface area contributed by atoms with Crippen LogP contribution in [0.5, 0.6) is 0 Å². The second-order valence-corrected chi connectivity index (χ2v) is 3.15. The van der Waals surface area contributed by atoms with Gasteiger partial charge in [-0.2, -0.15) is 9.36 Å². The van der Waals surface area contributed by atoms with Crippen molar-refractivity contribution in [3.8, 4) is 0 Å². The molecule has 0 atom stereocenters. The van der Waals surface area contributed by atoms with E-state index in [1.165, 1.54) is 0 Å². The van der Waals surface area contributed by atoms with Crippen LogP contribution in [0.25, 0.3) is 0 Å². The molecule has 0 aliphatic heterocycles. The van der Waals surface area contributed by atoms with E-state index in [9.17, 15) is 4.79 Å². The normalized spacial score (nSPS) is 9.92. The van der Waals surface area contributed by atoms with Gasteiger partial charge in [-0.05, 0) is 6.92 Å². The molecule has 0 fully saturated rings. The van der Waals surface area contributed by atoms with Crippen LogP contribution in [0, 0.1) is 0 Å². The molecule has 4 N–H and O–H groups in total. The number of carbonyl (C=O) groups is 1. The Kier molecular flexibility index (Phi) is 3.02. The topological polar surface area (TPSA) is 98.1 Å². The predicted octanol–water partition coefficient (Wildman–Crippen LogP) is -0.568. The lowest BCUT2D eigenvalue weighted by atomic mass is 10.5. The number of nitrogens with zero attached hydrogens (tertiary/aromatic N) is 3. The van der Waals surface area contributed by atoms with Crippen molar-refractivity contribution in [3.05, 3.63) is 0 Å². The van der Waals surface area contributed by atoms with Crippen LogP contribution in [0.1, 0.15) is 6.92 Å². The van der Waals surface area contributed by atoms with E-state index in [0.717, 1.165) is 11.5 Å². The van der Waals surface area contributed by atoms with Gasteiger partial charge in [0.25, 0.3) is 0 Å². The Bertz CT molecular complexity index is 299. The molecule has 13 heavy (non-hydrogen) atoms. The fourth-order valence-corrected chi connectivity index (χ4v) is 1.52. The maximum atomic E-state index is 10.7. The van der Waals surface area contributed by atoms with Crippen LogP contribution < -0.4 is 16.4 Å². The summed E-state index contributed by atoms with van der Waals surface area (Å²) in [6.07, 6.45) is 0. The summed E-state index contributed by atoms with van der Waals surface area (Å²) in [6, 6.07) is 0. The van der Waals surface area contributed by atoms with Gasteiger partial charge in [-0.25, -0.2) is 0 Å². The van der Waals surface area contributed by atoms with Crippen molar-refractivity contribution in [2.45, 2.75) is 6.92 Å². The quantitative estimate of drug-likeness (QED) is 0.680. The van der Waals surface area contributed by atoms with Crippen LogP contribution in [-0.4, -0.2) is 28.4 Å². The van der Waals surface area contributed by atoms with E-state index in [1.807, 2.05) is 6.92 Å². The first-order valence-electron chi connectivity index (χ1n) is 3.76. The Morgan fingerprint density at radius 2 is 2.38 bits per heavy atom. The third-order valence-electron chi connectivity index (χ3n) is 1.43. The van der Waals surface area contributed by atoms with E-state index >= 15 is 0 Å². The number of likely N-dealkylation sites (N-methyl/N-ethyl adjacent to an activating group) is 1. The Morgan fingerprint density at radius 3 is 2.77 bits per heavy atom. The monoisotopic (exact) mass is 201 g/mol. The largest absolute Gasteiger partial charge is 0.368 e. The molecule has 0 aromatic carbocycles. The molecule has 0 saturated heterocycles. The van der Waals surface area contributed by atoms with Gasteiger partial charge in [0.1, 0.15) is 0 Å². The van der Waals surface area contributed by atoms with Gasteiger partial charge in [0, 0.05) is 18.1 Å². The molecule has 6 nitrogen and oxygen atoms in total. The lowest BCUT2D eigenvalue weighted by Gasteiger charge is -2.16. The number of anilines is 2. The molecule has 1 aromatic rings. The number of aromatic nitrogens is 2. The smallest absolute Gasteiger partial charge is 0.237 e. The number of hydrogen-bond acceptors (Lipinski definition) is 6. The summed E-state index contributed by atoms with van der Waals surface area (Å²) >= 11 is 1.16. The van der Waals surface area contributed by atoms with Crippen molar-refractivity contribution >= 4 is 28.5 Å². The Labute approximate surface area is 79.7 Å². The molecule has 0 saturated carbocycles. The number of nitrogens with two attached hydrogens (primary N) is 2. The highest BCUT2D eigenvalue weighted by atomic mass is 32.1. The minimum Gasteiger partial charge on any atom is -0.368 e. The second-order valence-electron chi connectivity index (χ2n) is 2.42. The number of carbonyl (C=O) groups excluding carboxylic acids is 1. The highest BCUT2D eigenvalue weighted by Gasteiger charge is 2.11. The summed E-state index contributed by atoms with van der Waals surface area (Å²) in [7, 11) is 0. The van der Waals surface area contributed by atoms with Gasteiger partial charge in [0.15, 0.2) is 0 Å². The zero-order chi connectivity index (χ0) is 9.84. The van der Waals surface area contributed by atoms with Crippen molar-refractivity contribution in [2.75, 3.05) is 23.7 Å². The first-order chi connectivity index (χ1) is 6.13. The molecule has 0 aliphatic rings. The summed E-state index contributed by atoms with van der Waals surface area (Å²) in [5.41, 5.74) is 10.4. The molecule has 0 unspecified atom stereocenters. The van der Waals surface area contributed by atoms with Crippen molar-refractivity contribution in [1.82, 2.24) is 9.36 Å². The molecule has 0 bridgehead atoms. The summed E-state index contributed by atoms with van der Waals surface area (Å²) in [5.74, 6) is -0.168.